The van der Waals surface area contributed by atoms with Crippen LogP contribution >= 0.6 is 0 Å². The largest absolute Gasteiger partial charge is 0.0991 e. The fourth-order valence-electron chi connectivity index (χ4n) is 2.05. The second kappa shape index (κ2) is 7.17. The van der Waals surface area contributed by atoms with Gasteiger partial charge in [-0.15, -0.1) is 0 Å². The van der Waals surface area contributed by atoms with Gasteiger partial charge < -0.3 is 0 Å². The second-order valence-corrected chi connectivity index (χ2v) is 4.30. The molecule has 0 unspecified atom stereocenters. The third-order valence-electron chi connectivity index (χ3n) is 2.98. The Hall–Kier alpha value is -2.34. The molecule has 0 N–H and O–H groups in total. The van der Waals surface area contributed by atoms with Crippen molar-refractivity contribution in [3.63, 3.8) is 0 Å². The van der Waals surface area contributed by atoms with E-state index in [2.05, 4.69) is 67.3 Å². The molecule has 0 aliphatic rings. The van der Waals surface area contributed by atoms with Crippen molar-refractivity contribution < 1.29 is 0 Å². The molecule has 0 amide bonds. The average molecular weight is 246 g/mol. The second-order valence-electron chi connectivity index (χ2n) is 4.30. The molecule has 0 spiro atoms. The first kappa shape index (κ1) is 13.1. The van der Waals surface area contributed by atoms with Crippen LogP contribution in [-0.2, 0) is 0 Å². The van der Waals surface area contributed by atoms with Gasteiger partial charge in [-0.1, -0.05) is 97.6 Å². The van der Waals surface area contributed by atoms with Crippen LogP contribution in [0.4, 0.5) is 0 Å². The number of hydrogen-bond donors (Lipinski definition) is 0. The van der Waals surface area contributed by atoms with Crippen LogP contribution in [0.3, 0.4) is 0 Å². The van der Waals surface area contributed by atoms with E-state index in [1.807, 2.05) is 24.3 Å². The third-order valence-corrected chi connectivity index (χ3v) is 2.98. The minimum atomic E-state index is 0.289. The topological polar surface area (TPSA) is 0 Å². The zero-order valence-electron chi connectivity index (χ0n) is 10.9. The van der Waals surface area contributed by atoms with Crippen LogP contribution in [0, 0.1) is 0 Å². The van der Waals surface area contributed by atoms with E-state index in [1.165, 1.54) is 11.1 Å². The van der Waals surface area contributed by atoms with Crippen molar-refractivity contribution >= 4 is 0 Å². The zero-order valence-corrected chi connectivity index (χ0v) is 10.9. The van der Waals surface area contributed by atoms with Gasteiger partial charge >= 0.3 is 0 Å². The molecular weight excluding hydrogens is 228 g/mol. The van der Waals surface area contributed by atoms with Gasteiger partial charge in [-0.2, -0.15) is 0 Å². The monoisotopic (exact) mass is 246 g/mol. The molecule has 0 heterocycles. The minimum Gasteiger partial charge on any atom is -0.0991 e. The maximum Gasteiger partial charge on any atom is 0.0272 e. The summed E-state index contributed by atoms with van der Waals surface area (Å²) in [6.07, 6.45) is 10.0. The summed E-state index contributed by atoms with van der Waals surface area (Å²) >= 11 is 0. The Bertz CT molecular complexity index is 508. The summed E-state index contributed by atoms with van der Waals surface area (Å²) in [4.78, 5) is 0. The number of hydrogen-bond acceptors (Lipinski definition) is 0. The smallest absolute Gasteiger partial charge is 0.0272 e. The molecule has 0 heteroatoms. The Morgan fingerprint density at radius 2 is 1.21 bits per heavy atom. The summed E-state index contributed by atoms with van der Waals surface area (Å²) < 4.78 is 0. The molecule has 0 radical (unpaired) electrons. The fourth-order valence-corrected chi connectivity index (χ4v) is 2.05. The van der Waals surface area contributed by atoms with Crippen molar-refractivity contribution in [1.29, 1.82) is 0 Å². The van der Waals surface area contributed by atoms with Gasteiger partial charge in [-0.05, 0) is 11.1 Å². The number of benzene rings is 2. The molecule has 2 aromatic rings. The van der Waals surface area contributed by atoms with Gasteiger partial charge in [0.05, 0.1) is 0 Å². The van der Waals surface area contributed by atoms with Crippen molar-refractivity contribution in [2.24, 2.45) is 0 Å². The van der Waals surface area contributed by atoms with E-state index in [0.717, 1.165) is 0 Å². The highest BCUT2D eigenvalue weighted by molar-refractivity contribution is 5.37. The number of rotatable bonds is 5. The lowest BCUT2D eigenvalue weighted by Gasteiger charge is -2.13. The molecule has 94 valence electrons. The molecule has 0 bridgehead atoms. The summed E-state index contributed by atoms with van der Waals surface area (Å²) in [5, 5.41) is 0. The van der Waals surface area contributed by atoms with Crippen molar-refractivity contribution in [2.75, 3.05) is 0 Å². The van der Waals surface area contributed by atoms with E-state index >= 15 is 0 Å². The first-order valence-corrected chi connectivity index (χ1v) is 6.47. The van der Waals surface area contributed by atoms with E-state index in [1.54, 1.807) is 6.08 Å². The quantitative estimate of drug-likeness (QED) is 0.642. The van der Waals surface area contributed by atoms with Gasteiger partial charge in [0.2, 0.25) is 0 Å². The molecule has 0 aliphatic carbocycles. The molecule has 0 saturated heterocycles. The van der Waals surface area contributed by atoms with Crippen LogP contribution in [0.2, 0.25) is 0 Å². The predicted octanol–water partition coefficient (Wildman–Crippen LogP) is 5.12. The van der Waals surface area contributed by atoms with E-state index in [4.69, 9.17) is 0 Å². The highest BCUT2D eigenvalue weighted by Gasteiger charge is 2.09. The van der Waals surface area contributed by atoms with Crippen LogP contribution in [0.5, 0.6) is 0 Å². The normalized spacial score (nSPS) is 11.4. The maximum atomic E-state index is 3.67. The molecule has 0 aromatic heterocycles. The summed E-state index contributed by atoms with van der Waals surface area (Å²) in [5.41, 5.74) is 2.61. The molecule has 0 atom stereocenters. The fraction of sp³-hybridized carbons (Fsp3) is 0.0526. The van der Waals surface area contributed by atoms with Gasteiger partial charge in [0.25, 0.3) is 0 Å². The van der Waals surface area contributed by atoms with Gasteiger partial charge in [0, 0.05) is 5.92 Å². The third kappa shape index (κ3) is 3.82. The average Bonchev–Trinajstić information content (AvgIpc) is 2.49. The van der Waals surface area contributed by atoms with Crippen LogP contribution in [-0.4, -0.2) is 0 Å². The molecule has 0 fully saturated rings. The van der Waals surface area contributed by atoms with Crippen molar-refractivity contribution in [3.05, 3.63) is 109 Å². The van der Waals surface area contributed by atoms with E-state index in [-0.39, 0.29) is 5.92 Å². The van der Waals surface area contributed by atoms with E-state index in [9.17, 15) is 0 Å². The van der Waals surface area contributed by atoms with Gasteiger partial charge in [-0.3, -0.25) is 0 Å². The summed E-state index contributed by atoms with van der Waals surface area (Å²) in [7, 11) is 0. The summed E-state index contributed by atoms with van der Waals surface area (Å²) in [6.45, 7) is 3.67. The Labute approximate surface area is 115 Å². The van der Waals surface area contributed by atoms with Gasteiger partial charge in [-0.25, -0.2) is 0 Å². The molecule has 0 nitrogen and oxygen atoms in total. The first-order valence-electron chi connectivity index (χ1n) is 6.47. The lowest BCUT2D eigenvalue weighted by Crippen LogP contribution is -1.96. The molecule has 2 rings (SSSR count). The van der Waals surface area contributed by atoms with Crippen molar-refractivity contribution in [3.8, 4) is 0 Å². The lowest BCUT2D eigenvalue weighted by atomic mass is 9.91. The van der Waals surface area contributed by atoms with Crippen molar-refractivity contribution in [2.45, 2.75) is 5.92 Å². The predicted molar refractivity (Wildman–Crippen MR) is 83.2 cm³/mol. The highest BCUT2D eigenvalue weighted by atomic mass is 14.1. The lowest BCUT2D eigenvalue weighted by molar-refractivity contribution is 1.03. The molecule has 0 aliphatic heterocycles. The van der Waals surface area contributed by atoms with Gasteiger partial charge in [0.15, 0.2) is 0 Å². The number of allylic oxidation sites excluding steroid dienone is 5. The minimum absolute atomic E-state index is 0.289. The molecule has 0 saturated carbocycles. The Balaban J connectivity index is 2.31. The molecule has 2 aromatic carbocycles. The van der Waals surface area contributed by atoms with Crippen molar-refractivity contribution in [1.82, 2.24) is 0 Å². The van der Waals surface area contributed by atoms with E-state index < -0.39 is 0 Å². The summed E-state index contributed by atoms with van der Waals surface area (Å²) in [6, 6.07) is 21.1. The van der Waals surface area contributed by atoms with Crippen LogP contribution in [0.1, 0.15) is 17.0 Å². The molecule has 19 heavy (non-hydrogen) atoms. The first-order chi connectivity index (χ1) is 9.42. The Morgan fingerprint density at radius 1 is 0.684 bits per heavy atom. The SMILES string of the molecule is C=CC=CC=CC(c1ccccc1)c1ccccc1. The van der Waals surface area contributed by atoms with Crippen LogP contribution < -0.4 is 0 Å². The Morgan fingerprint density at radius 3 is 1.68 bits per heavy atom. The zero-order chi connectivity index (χ0) is 13.3. The molecular formula is C19H18. The maximum absolute atomic E-state index is 3.67. The van der Waals surface area contributed by atoms with Crippen LogP contribution in [0.15, 0.2) is 97.6 Å². The standard InChI is InChI=1S/C19H18/c1-2-3-4-11-16-19(17-12-7-5-8-13-17)18-14-9-6-10-15-18/h2-16,19H,1H2. The highest BCUT2D eigenvalue weighted by Crippen LogP contribution is 2.25. The van der Waals surface area contributed by atoms with E-state index in [0.29, 0.717) is 0 Å². The Kier molecular flexibility index (Phi) is 4.95. The van der Waals surface area contributed by atoms with Gasteiger partial charge in [0.1, 0.15) is 0 Å². The summed E-state index contributed by atoms with van der Waals surface area (Å²) in [5.74, 6) is 0.289. The van der Waals surface area contributed by atoms with Crippen LogP contribution in [0.25, 0.3) is 0 Å².